The Bertz CT molecular complexity index is 392. The Morgan fingerprint density at radius 3 is 2.47 bits per heavy atom. The predicted molar refractivity (Wildman–Crippen MR) is 69.9 cm³/mol. The van der Waals surface area contributed by atoms with E-state index in [-0.39, 0.29) is 6.04 Å². The molecular weight excluding hydrogens is 213 g/mol. The van der Waals surface area contributed by atoms with E-state index in [2.05, 4.69) is 32.0 Å². The van der Waals surface area contributed by atoms with E-state index in [1.807, 2.05) is 0 Å². The molecule has 2 heteroatoms. The lowest BCUT2D eigenvalue weighted by Crippen LogP contribution is -2.37. The maximum Gasteiger partial charge on any atom is 0.115 e. The maximum absolute atomic E-state index is 14.6. The topological polar surface area (TPSA) is 26.0 Å². The fourth-order valence-corrected chi connectivity index (χ4v) is 2.61. The highest BCUT2D eigenvalue weighted by Gasteiger charge is 2.34. The van der Waals surface area contributed by atoms with Gasteiger partial charge in [-0.2, -0.15) is 0 Å². The van der Waals surface area contributed by atoms with E-state index in [1.165, 1.54) is 11.1 Å². The first-order valence-electron chi connectivity index (χ1n) is 6.49. The van der Waals surface area contributed by atoms with Gasteiger partial charge in [-0.1, -0.05) is 18.2 Å². The minimum atomic E-state index is -1.03. The van der Waals surface area contributed by atoms with Crippen molar-refractivity contribution in [2.45, 2.75) is 57.7 Å². The highest BCUT2D eigenvalue weighted by atomic mass is 19.1. The van der Waals surface area contributed by atoms with Crippen molar-refractivity contribution in [1.29, 1.82) is 0 Å². The SMILES string of the molecule is Cc1ccc(CC2(F)CCC(N)CC2)cc1C. The molecule has 94 valence electrons. The van der Waals surface area contributed by atoms with Crippen molar-refractivity contribution >= 4 is 0 Å². The van der Waals surface area contributed by atoms with Crippen LogP contribution in [0.3, 0.4) is 0 Å². The molecule has 1 aromatic carbocycles. The molecule has 0 atom stereocenters. The smallest absolute Gasteiger partial charge is 0.115 e. The average Bonchev–Trinajstić information content (AvgIpc) is 2.28. The molecule has 1 fully saturated rings. The molecule has 1 saturated carbocycles. The minimum Gasteiger partial charge on any atom is -0.328 e. The first-order valence-corrected chi connectivity index (χ1v) is 6.49. The molecule has 0 spiro atoms. The van der Waals surface area contributed by atoms with Gasteiger partial charge in [0.15, 0.2) is 0 Å². The minimum absolute atomic E-state index is 0.207. The summed E-state index contributed by atoms with van der Waals surface area (Å²) in [5, 5.41) is 0. The third kappa shape index (κ3) is 3.06. The summed E-state index contributed by atoms with van der Waals surface area (Å²) in [6.07, 6.45) is 3.41. The normalized spacial score (nSPS) is 29.3. The molecule has 0 bridgehead atoms. The van der Waals surface area contributed by atoms with Crippen LogP contribution in [0, 0.1) is 13.8 Å². The van der Waals surface area contributed by atoms with Crippen molar-refractivity contribution in [3.63, 3.8) is 0 Å². The zero-order chi connectivity index (χ0) is 12.5. The van der Waals surface area contributed by atoms with Gasteiger partial charge in [-0.25, -0.2) is 4.39 Å². The monoisotopic (exact) mass is 235 g/mol. The lowest BCUT2D eigenvalue weighted by Gasteiger charge is -2.32. The van der Waals surface area contributed by atoms with E-state index in [1.54, 1.807) is 0 Å². The molecular formula is C15H22FN. The number of hydrogen-bond donors (Lipinski definition) is 1. The lowest BCUT2D eigenvalue weighted by atomic mass is 9.80. The Morgan fingerprint density at radius 2 is 1.88 bits per heavy atom. The van der Waals surface area contributed by atoms with Crippen LogP contribution >= 0.6 is 0 Å². The van der Waals surface area contributed by atoms with Crippen molar-refractivity contribution in [1.82, 2.24) is 0 Å². The summed E-state index contributed by atoms with van der Waals surface area (Å²) in [4.78, 5) is 0. The van der Waals surface area contributed by atoms with Gasteiger partial charge in [-0.3, -0.25) is 0 Å². The molecule has 1 aliphatic rings. The van der Waals surface area contributed by atoms with Gasteiger partial charge >= 0.3 is 0 Å². The van der Waals surface area contributed by atoms with E-state index < -0.39 is 5.67 Å². The zero-order valence-electron chi connectivity index (χ0n) is 10.8. The molecule has 2 N–H and O–H groups in total. The van der Waals surface area contributed by atoms with Gasteiger partial charge in [-0.15, -0.1) is 0 Å². The van der Waals surface area contributed by atoms with E-state index >= 15 is 0 Å². The third-order valence-corrected chi connectivity index (χ3v) is 4.02. The predicted octanol–water partition coefficient (Wildman–Crippen LogP) is 3.46. The molecule has 0 aromatic heterocycles. The van der Waals surface area contributed by atoms with Gasteiger partial charge in [-0.05, 0) is 56.2 Å². The summed E-state index contributed by atoms with van der Waals surface area (Å²) < 4.78 is 14.6. The number of hydrogen-bond acceptors (Lipinski definition) is 1. The van der Waals surface area contributed by atoms with Crippen LogP contribution in [0.5, 0.6) is 0 Å². The van der Waals surface area contributed by atoms with E-state index in [9.17, 15) is 4.39 Å². The molecule has 0 unspecified atom stereocenters. The van der Waals surface area contributed by atoms with Gasteiger partial charge in [0, 0.05) is 12.5 Å². The second-order valence-corrected chi connectivity index (χ2v) is 5.58. The number of rotatable bonds is 2. The molecule has 1 aliphatic carbocycles. The van der Waals surface area contributed by atoms with Crippen LogP contribution in [-0.4, -0.2) is 11.7 Å². The largest absolute Gasteiger partial charge is 0.328 e. The van der Waals surface area contributed by atoms with E-state index in [4.69, 9.17) is 5.73 Å². The first kappa shape index (κ1) is 12.6. The van der Waals surface area contributed by atoms with E-state index in [0.717, 1.165) is 18.4 Å². The Morgan fingerprint density at radius 1 is 1.24 bits per heavy atom. The Balaban J connectivity index is 2.07. The molecule has 17 heavy (non-hydrogen) atoms. The van der Waals surface area contributed by atoms with Crippen LogP contribution in [-0.2, 0) is 6.42 Å². The highest BCUT2D eigenvalue weighted by molar-refractivity contribution is 5.30. The lowest BCUT2D eigenvalue weighted by molar-refractivity contribution is 0.0995. The molecule has 0 radical (unpaired) electrons. The summed E-state index contributed by atoms with van der Waals surface area (Å²) >= 11 is 0. The summed E-state index contributed by atoms with van der Waals surface area (Å²) in [5.41, 5.74) is 8.43. The Labute approximate surface area is 103 Å². The van der Waals surface area contributed by atoms with Gasteiger partial charge in [0.25, 0.3) is 0 Å². The second-order valence-electron chi connectivity index (χ2n) is 5.58. The number of halogens is 1. The van der Waals surface area contributed by atoms with Gasteiger partial charge < -0.3 is 5.73 Å². The third-order valence-electron chi connectivity index (χ3n) is 4.02. The molecule has 1 aromatic rings. The van der Waals surface area contributed by atoms with Crippen molar-refractivity contribution in [3.8, 4) is 0 Å². The zero-order valence-corrected chi connectivity index (χ0v) is 10.8. The van der Waals surface area contributed by atoms with Crippen LogP contribution in [0.25, 0.3) is 0 Å². The number of benzene rings is 1. The first-order chi connectivity index (χ1) is 7.98. The maximum atomic E-state index is 14.6. The summed E-state index contributed by atoms with van der Waals surface area (Å²) in [6.45, 7) is 4.17. The second kappa shape index (κ2) is 4.77. The molecule has 2 rings (SSSR count). The van der Waals surface area contributed by atoms with Gasteiger partial charge in [0.1, 0.15) is 5.67 Å². The van der Waals surface area contributed by atoms with Crippen LogP contribution in [0.4, 0.5) is 4.39 Å². The van der Waals surface area contributed by atoms with Crippen LogP contribution in [0.15, 0.2) is 18.2 Å². The molecule has 0 saturated heterocycles. The number of alkyl halides is 1. The Hall–Kier alpha value is -0.890. The van der Waals surface area contributed by atoms with Crippen LogP contribution in [0.1, 0.15) is 42.4 Å². The molecule has 0 heterocycles. The standard InChI is InChI=1S/C15H22FN/c1-11-3-4-13(9-12(11)2)10-15(16)7-5-14(17)6-8-15/h3-4,9,14H,5-8,10,17H2,1-2H3. The van der Waals surface area contributed by atoms with E-state index in [0.29, 0.717) is 19.3 Å². The van der Waals surface area contributed by atoms with Crippen LogP contribution in [0.2, 0.25) is 0 Å². The molecule has 0 amide bonds. The Kier molecular flexibility index (Phi) is 3.53. The number of aryl methyl sites for hydroxylation is 2. The quantitative estimate of drug-likeness (QED) is 0.834. The fourth-order valence-electron chi connectivity index (χ4n) is 2.61. The summed E-state index contributed by atoms with van der Waals surface area (Å²) in [7, 11) is 0. The fraction of sp³-hybridized carbons (Fsp3) is 0.600. The van der Waals surface area contributed by atoms with Crippen molar-refractivity contribution in [3.05, 3.63) is 34.9 Å². The summed E-state index contributed by atoms with van der Waals surface area (Å²) in [6, 6.07) is 6.46. The van der Waals surface area contributed by atoms with Crippen molar-refractivity contribution in [2.24, 2.45) is 5.73 Å². The molecule has 0 aliphatic heterocycles. The average molecular weight is 235 g/mol. The van der Waals surface area contributed by atoms with Crippen LogP contribution < -0.4 is 5.73 Å². The molecule has 1 nitrogen and oxygen atoms in total. The van der Waals surface area contributed by atoms with Gasteiger partial charge in [0.05, 0.1) is 0 Å². The number of nitrogens with two attached hydrogens (primary N) is 1. The van der Waals surface area contributed by atoms with Crippen molar-refractivity contribution in [2.75, 3.05) is 0 Å². The van der Waals surface area contributed by atoms with Gasteiger partial charge in [0.2, 0.25) is 0 Å². The van der Waals surface area contributed by atoms with Crippen molar-refractivity contribution < 1.29 is 4.39 Å². The highest BCUT2D eigenvalue weighted by Crippen LogP contribution is 2.34. The summed E-state index contributed by atoms with van der Waals surface area (Å²) in [5.74, 6) is 0.